The van der Waals surface area contributed by atoms with E-state index in [0.29, 0.717) is 11.9 Å². The van der Waals surface area contributed by atoms with Crippen LogP contribution in [0.3, 0.4) is 0 Å². The second kappa shape index (κ2) is 5.85. The first kappa shape index (κ1) is 12.9. The highest BCUT2D eigenvalue weighted by Crippen LogP contribution is 2.24. The van der Waals surface area contributed by atoms with Crippen LogP contribution in [0.5, 0.6) is 0 Å². The number of aromatic carboxylic acids is 1. The highest BCUT2D eigenvalue weighted by Gasteiger charge is 2.16. The Kier molecular flexibility index (Phi) is 4.18. The summed E-state index contributed by atoms with van der Waals surface area (Å²) in [7, 11) is 0. The van der Waals surface area contributed by atoms with E-state index in [1.807, 2.05) is 6.07 Å². The zero-order valence-electron chi connectivity index (χ0n) is 10.7. The molecule has 1 aliphatic carbocycles. The van der Waals surface area contributed by atoms with E-state index >= 15 is 0 Å². The molecule has 2 rings (SSSR count). The van der Waals surface area contributed by atoms with Crippen molar-refractivity contribution in [3.63, 3.8) is 0 Å². The fourth-order valence-corrected chi connectivity index (χ4v) is 2.47. The van der Waals surface area contributed by atoms with Crippen LogP contribution in [0.2, 0.25) is 0 Å². The van der Waals surface area contributed by atoms with Crippen LogP contribution in [0.25, 0.3) is 0 Å². The molecular formula is C14H20N2O2. The highest BCUT2D eigenvalue weighted by atomic mass is 16.4. The molecule has 2 unspecified atom stereocenters. The molecule has 4 heteroatoms. The Balaban J connectivity index is 2.00. The number of hydrogen-bond acceptors (Lipinski definition) is 3. The number of carboxylic acid groups (broad SMARTS) is 1. The summed E-state index contributed by atoms with van der Waals surface area (Å²) in [6.07, 6.45) is 6.04. The Labute approximate surface area is 107 Å². The first-order valence-corrected chi connectivity index (χ1v) is 6.62. The lowest BCUT2D eigenvalue weighted by Gasteiger charge is -2.17. The molecule has 1 aromatic heterocycles. The van der Waals surface area contributed by atoms with Crippen molar-refractivity contribution in [1.29, 1.82) is 0 Å². The molecule has 18 heavy (non-hydrogen) atoms. The average Bonchev–Trinajstić information content (AvgIpc) is 2.55. The molecule has 4 nitrogen and oxygen atoms in total. The molecule has 2 N–H and O–H groups in total. The van der Waals surface area contributed by atoms with Gasteiger partial charge in [-0.1, -0.05) is 25.8 Å². The van der Waals surface area contributed by atoms with Crippen molar-refractivity contribution in [2.24, 2.45) is 5.92 Å². The van der Waals surface area contributed by atoms with Crippen molar-refractivity contribution >= 4 is 11.8 Å². The van der Waals surface area contributed by atoms with Crippen molar-refractivity contribution in [2.75, 3.05) is 5.32 Å². The Morgan fingerprint density at radius 2 is 2.17 bits per heavy atom. The third-order valence-corrected chi connectivity index (χ3v) is 3.58. The molecular weight excluding hydrogens is 228 g/mol. The van der Waals surface area contributed by atoms with Gasteiger partial charge in [-0.15, -0.1) is 0 Å². The minimum atomic E-state index is -0.979. The molecule has 0 aliphatic heterocycles. The van der Waals surface area contributed by atoms with Gasteiger partial charge in [-0.25, -0.2) is 9.78 Å². The van der Waals surface area contributed by atoms with Gasteiger partial charge in [-0.05, 0) is 37.3 Å². The molecule has 0 amide bonds. The standard InChI is InChI=1S/C14H20N2O2/c1-10-4-2-5-11(9-8-10)15-13-7-3-6-12(16-13)14(17)18/h3,6-7,10-11H,2,4-5,8-9H2,1H3,(H,15,16)(H,17,18). The summed E-state index contributed by atoms with van der Waals surface area (Å²) in [5.74, 6) is 0.498. The maximum absolute atomic E-state index is 10.9. The van der Waals surface area contributed by atoms with E-state index in [9.17, 15) is 4.79 Å². The second-order valence-electron chi connectivity index (χ2n) is 5.17. The van der Waals surface area contributed by atoms with E-state index in [1.54, 1.807) is 6.07 Å². The number of anilines is 1. The molecule has 1 aliphatic rings. The minimum absolute atomic E-state index is 0.0991. The van der Waals surface area contributed by atoms with Gasteiger partial charge in [0.15, 0.2) is 5.69 Å². The third-order valence-electron chi connectivity index (χ3n) is 3.58. The molecule has 0 radical (unpaired) electrons. The van der Waals surface area contributed by atoms with Gasteiger partial charge in [0, 0.05) is 6.04 Å². The maximum atomic E-state index is 10.9. The second-order valence-corrected chi connectivity index (χ2v) is 5.17. The minimum Gasteiger partial charge on any atom is -0.477 e. The SMILES string of the molecule is CC1CCCC(Nc2cccc(C(=O)O)n2)CC1. The van der Waals surface area contributed by atoms with Gasteiger partial charge < -0.3 is 10.4 Å². The van der Waals surface area contributed by atoms with Crippen molar-refractivity contribution < 1.29 is 9.90 Å². The summed E-state index contributed by atoms with van der Waals surface area (Å²) < 4.78 is 0. The summed E-state index contributed by atoms with van der Waals surface area (Å²) in [4.78, 5) is 15.0. The zero-order valence-corrected chi connectivity index (χ0v) is 10.7. The van der Waals surface area contributed by atoms with Crippen LogP contribution in [-0.2, 0) is 0 Å². The number of carbonyl (C=O) groups is 1. The van der Waals surface area contributed by atoms with E-state index in [0.717, 1.165) is 18.8 Å². The van der Waals surface area contributed by atoms with Gasteiger partial charge in [0.2, 0.25) is 0 Å². The van der Waals surface area contributed by atoms with E-state index in [1.165, 1.54) is 25.3 Å². The Bertz CT molecular complexity index is 420. The first-order chi connectivity index (χ1) is 8.65. The molecule has 1 fully saturated rings. The number of pyridine rings is 1. The van der Waals surface area contributed by atoms with Crippen LogP contribution in [0, 0.1) is 5.92 Å². The fraction of sp³-hybridized carbons (Fsp3) is 0.571. The van der Waals surface area contributed by atoms with Gasteiger partial charge in [-0.3, -0.25) is 0 Å². The largest absolute Gasteiger partial charge is 0.477 e. The van der Waals surface area contributed by atoms with E-state index in [4.69, 9.17) is 5.11 Å². The van der Waals surface area contributed by atoms with Gasteiger partial charge in [0.05, 0.1) is 0 Å². The summed E-state index contributed by atoms with van der Waals surface area (Å²) in [5, 5.41) is 12.3. The molecule has 1 heterocycles. The zero-order chi connectivity index (χ0) is 13.0. The van der Waals surface area contributed by atoms with Crippen molar-refractivity contribution in [3.8, 4) is 0 Å². The number of hydrogen-bond donors (Lipinski definition) is 2. The maximum Gasteiger partial charge on any atom is 0.354 e. The van der Waals surface area contributed by atoms with Crippen LogP contribution in [0.4, 0.5) is 5.82 Å². The first-order valence-electron chi connectivity index (χ1n) is 6.62. The van der Waals surface area contributed by atoms with Crippen LogP contribution in [0.1, 0.15) is 49.5 Å². The predicted octanol–water partition coefficient (Wildman–Crippen LogP) is 3.16. The number of nitrogens with one attached hydrogen (secondary N) is 1. The molecule has 98 valence electrons. The molecule has 2 atom stereocenters. The Morgan fingerprint density at radius 3 is 2.94 bits per heavy atom. The Morgan fingerprint density at radius 1 is 1.33 bits per heavy atom. The van der Waals surface area contributed by atoms with Crippen molar-refractivity contribution in [3.05, 3.63) is 23.9 Å². The third kappa shape index (κ3) is 3.45. The van der Waals surface area contributed by atoms with E-state index < -0.39 is 5.97 Å². The topological polar surface area (TPSA) is 62.2 Å². The highest BCUT2D eigenvalue weighted by molar-refractivity contribution is 5.85. The monoisotopic (exact) mass is 248 g/mol. The number of nitrogens with zero attached hydrogens (tertiary/aromatic N) is 1. The average molecular weight is 248 g/mol. The van der Waals surface area contributed by atoms with Crippen LogP contribution in [-0.4, -0.2) is 22.1 Å². The summed E-state index contributed by atoms with van der Waals surface area (Å²) in [6.45, 7) is 2.30. The lowest BCUT2D eigenvalue weighted by molar-refractivity contribution is 0.0690. The normalized spacial score (nSPS) is 24.3. The smallest absolute Gasteiger partial charge is 0.354 e. The van der Waals surface area contributed by atoms with E-state index in [-0.39, 0.29) is 5.69 Å². The van der Waals surface area contributed by atoms with Crippen molar-refractivity contribution in [1.82, 2.24) is 4.98 Å². The Hall–Kier alpha value is -1.58. The molecule has 0 saturated heterocycles. The van der Waals surface area contributed by atoms with Crippen LogP contribution in [0.15, 0.2) is 18.2 Å². The molecule has 1 saturated carbocycles. The van der Waals surface area contributed by atoms with Crippen LogP contribution < -0.4 is 5.32 Å². The van der Waals surface area contributed by atoms with Gasteiger partial charge >= 0.3 is 5.97 Å². The fourth-order valence-electron chi connectivity index (χ4n) is 2.47. The summed E-state index contributed by atoms with van der Waals surface area (Å²) in [5.41, 5.74) is 0.0991. The lowest BCUT2D eigenvalue weighted by atomic mass is 10.0. The number of aromatic nitrogens is 1. The van der Waals surface area contributed by atoms with Gasteiger partial charge in [-0.2, -0.15) is 0 Å². The molecule has 0 aromatic carbocycles. The predicted molar refractivity (Wildman–Crippen MR) is 70.9 cm³/mol. The van der Waals surface area contributed by atoms with Crippen LogP contribution >= 0.6 is 0 Å². The lowest BCUT2D eigenvalue weighted by Crippen LogP contribution is -2.19. The molecule has 0 bridgehead atoms. The van der Waals surface area contributed by atoms with Gasteiger partial charge in [0.1, 0.15) is 5.82 Å². The summed E-state index contributed by atoms with van der Waals surface area (Å²) >= 11 is 0. The molecule has 1 aromatic rings. The quantitative estimate of drug-likeness (QED) is 0.806. The van der Waals surface area contributed by atoms with Crippen molar-refractivity contribution in [2.45, 2.75) is 45.1 Å². The van der Waals surface area contributed by atoms with E-state index in [2.05, 4.69) is 17.2 Å². The number of rotatable bonds is 3. The molecule has 0 spiro atoms. The summed E-state index contributed by atoms with van der Waals surface area (Å²) in [6, 6.07) is 5.51. The number of carboxylic acids is 1. The van der Waals surface area contributed by atoms with Gasteiger partial charge in [0.25, 0.3) is 0 Å².